The highest BCUT2D eigenvalue weighted by Crippen LogP contribution is 2.31. The van der Waals surface area contributed by atoms with Gasteiger partial charge in [0.25, 0.3) is 0 Å². The highest BCUT2D eigenvalue weighted by molar-refractivity contribution is 6.19. The maximum Gasteiger partial charge on any atom is 0.238 e. The third-order valence-electron chi connectivity index (χ3n) is 3.56. The lowest BCUT2D eigenvalue weighted by Gasteiger charge is -2.20. The molecule has 102 valence electrons. The summed E-state index contributed by atoms with van der Waals surface area (Å²) in [6.45, 7) is 2.58. The molecule has 0 bridgehead atoms. The molecule has 1 aromatic rings. The van der Waals surface area contributed by atoms with Crippen molar-refractivity contribution in [2.75, 3.05) is 11.4 Å². The largest absolute Gasteiger partial charge is 0.330 e. The van der Waals surface area contributed by atoms with E-state index in [1.54, 1.807) is 6.07 Å². The summed E-state index contributed by atoms with van der Waals surface area (Å²) in [5, 5.41) is 0. The number of nitrogens with zero attached hydrogens (tertiary/aromatic N) is 1. The average molecular weight is 261 g/mol. The van der Waals surface area contributed by atoms with Crippen LogP contribution in [0.4, 0.5) is 5.69 Å². The first kappa shape index (κ1) is 13.7. The minimum atomic E-state index is -0.302. The summed E-state index contributed by atoms with van der Waals surface area (Å²) in [6.07, 6.45) is 0.894. The van der Waals surface area contributed by atoms with Crippen molar-refractivity contribution in [3.8, 4) is 0 Å². The zero-order chi connectivity index (χ0) is 14.0. The van der Waals surface area contributed by atoms with E-state index < -0.39 is 0 Å². The molecule has 0 fully saturated rings. The standard InChI is InChI=1S/C14H19N3O2/c1-2-10(8-16)14(19)17-12-4-3-9(7-15)5-11(12)6-13(17)18/h3-5,10H,2,6-8,15-16H2,1H3. The van der Waals surface area contributed by atoms with Crippen molar-refractivity contribution in [2.24, 2.45) is 17.4 Å². The molecule has 5 nitrogen and oxygen atoms in total. The molecular weight excluding hydrogens is 242 g/mol. The monoisotopic (exact) mass is 261 g/mol. The lowest BCUT2D eigenvalue weighted by Crippen LogP contribution is -2.40. The molecule has 1 aliphatic heterocycles. The van der Waals surface area contributed by atoms with Crippen molar-refractivity contribution >= 4 is 17.5 Å². The molecule has 0 aromatic heterocycles. The molecule has 1 heterocycles. The van der Waals surface area contributed by atoms with Gasteiger partial charge in [0.15, 0.2) is 0 Å². The van der Waals surface area contributed by atoms with Gasteiger partial charge < -0.3 is 11.5 Å². The fourth-order valence-corrected chi connectivity index (χ4v) is 2.37. The van der Waals surface area contributed by atoms with Gasteiger partial charge in [-0.2, -0.15) is 0 Å². The predicted octanol–water partition coefficient (Wildman–Crippen LogP) is 0.546. The van der Waals surface area contributed by atoms with Gasteiger partial charge >= 0.3 is 0 Å². The summed E-state index contributed by atoms with van der Waals surface area (Å²) < 4.78 is 0. The van der Waals surface area contributed by atoms with Crippen LogP contribution in [0.25, 0.3) is 0 Å². The summed E-state index contributed by atoms with van der Waals surface area (Å²) in [7, 11) is 0. The number of carbonyl (C=O) groups is 2. The number of carbonyl (C=O) groups excluding carboxylic acids is 2. The smallest absolute Gasteiger partial charge is 0.238 e. The van der Waals surface area contributed by atoms with Crippen molar-refractivity contribution < 1.29 is 9.59 Å². The predicted molar refractivity (Wildman–Crippen MR) is 73.4 cm³/mol. The van der Waals surface area contributed by atoms with Gasteiger partial charge in [0.1, 0.15) is 0 Å². The van der Waals surface area contributed by atoms with Crippen LogP contribution in [0.2, 0.25) is 0 Å². The number of hydrogen-bond donors (Lipinski definition) is 2. The van der Waals surface area contributed by atoms with Crippen molar-refractivity contribution in [1.29, 1.82) is 0 Å². The maximum atomic E-state index is 12.3. The second-order valence-corrected chi connectivity index (χ2v) is 4.75. The Morgan fingerprint density at radius 3 is 2.74 bits per heavy atom. The number of imide groups is 1. The first-order chi connectivity index (χ1) is 9.12. The second-order valence-electron chi connectivity index (χ2n) is 4.75. The number of nitrogens with two attached hydrogens (primary N) is 2. The molecule has 5 heteroatoms. The van der Waals surface area contributed by atoms with E-state index in [-0.39, 0.29) is 30.7 Å². The minimum absolute atomic E-state index is 0.180. The summed E-state index contributed by atoms with van der Waals surface area (Å²) in [5.41, 5.74) is 13.7. The van der Waals surface area contributed by atoms with Gasteiger partial charge in [-0.25, -0.2) is 4.90 Å². The van der Waals surface area contributed by atoms with E-state index in [0.717, 1.165) is 11.1 Å². The van der Waals surface area contributed by atoms with Crippen molar-refractivity contribution in [2.45, 2.75) is 26.3 Å². The van der Waals surface area contributed by atoms with E-state index in [1.807, 2.05) is 19.1 Å². The van der Waals surface area contributed by atoms with Gasteiger partial charge in [0, 0.05) is 13.1 Å². The highest BCUT2D eigenvalue weighted by atomic mass is 16.2. The zero-order valence-electron chi connectivity index (χ0n) is 11.1. The Morgan fingerprint density at radius 1 is 1.42 bits per heavy atom. The van der Waals surface area contributed by atoms with E-state index in [2.05, 4.69) is 0 Å². The molecule has 19 heavy (non-hydrogen) atoms. The molecule has 1 aliphatic rings. The molecule has 1 aromatic carbocycles. The molecule has 2 amide bonds. The highest BCUT2D eigenvalue weighted by Gasteiger charge is 2.34. The second kappa shape index (κ2) is 5.50. The van der Waals surface area contributed by atoms with Crippen LogP contribution in [0.1, 0.15) is 24.5 Å². The zero-order valence-corrected chi connectivity index (χ0v) is 11.1. The van der Waals surface area contributed by atoms with Crippen LogP contribution in [0, 0.1) is 5.92 Å². The van der Waals surface area contributed by atoms with Gasteiger partial charge in [0.2, 0.25) is 11.8 Å². The van der Waals surface area contributed by atoms with E-state index in [4.69, 9.17) is 11.5 Å². The number of amides is 2. The Bertz CT molecular complexity index is 509. The Labute approximate surface area is 112 Å². The maximum absolute atomic E-state index is 12.3. The topological polar surface area (TPSA) is 89.4 Å². The van der Waals surface area contributed by atoms with Crippen molar-refractivity contribution in [3.63, 3.8) is 0 Å². The van der Waals surface area contributed by atoms with Crippen LogP contribution in [0.15, 0.2) is 18.2 Å². The molecule has 0 saturated carbocycles. The van der Waals surface area contributed by atoms with Crippen LogP contribution in [0.3, 0.4) is 0 Å². The number of anilines is 1. The SMILES string of the molecule is CCC(CN)C(=O)N1C(=O)Cc2cc(CN)ccc21. The van der Waals surface area contributed by atoms with Crippen LogP contribution in [0.5, 0.6) is 0 Å². The molecule has 1 unspecified atom stereocenters. The van der Waals surface area contributed by atoms with E-state index >= 15 is 0 Å². The van der Waals surface area contributed by atoms with E-state index in [0.29, 0.717) is 18.7 Å². The van der Waals surface area contributed by atoms with Gasteiger partial charge in [-0.1, -0.05) is 19.1 Å². The Hall–Kier alpha value is -1.72. The molecule has 4 N–H and O–H groups in total. The van der Waals surface area contributed by atoms with Crippen LogP contribution in [-0.2, 0) is 22.6 Å². The van der Waals surface area contributed by atoms with Crippen molar-refractivity contribution in [3.05, 3.63) is 29.3 Å². The molecule has 0 saturated heterocycles. The van der Waals surface area contributed by atoms with E-state index in [9.17, 15) is 9.59 Å². The summed E-state index contributed by atoms with van der Waals surface area (Å²) in [5.74, 6) is -0.681. The van der Waals surface area contributed by atoms with Gasteiger partial charge in [0.05, 0.1) is 18.0 Å². The normalized spacial score (nSPS) is 15.5. The first-order valence-corrected chi connectivity index (χ1v) is 6.51. The van der Waals surface area contributed by atoms with Crippen LogP contribution >= 0.6 is 0 Å². The molecule has 0 radical (unpaired) electrons. The summed E-state index contributed by atoms with van der Waals surface area (Å²) in [6, 6.07) is 5.54. The lowest BCUT2D eigenvalue weighted by molar-refractivity contribution is -0.127. The minimum Gasteiger partial charge on any atom is -0.330 e. The Morgan fingerprint density at radius 2 is 2.16 bits per heavy atom. The molecule has 1 atom stereocenters. The quantitative estimate of drug-likeness (QED) is 0.828. The number of benzene rings is 1. The number of hydrogen-bond acceptors (Lipinski definition) is 4. The molecule has 0 aliphatic carbocycles. The summed E-state index contributed by atoms with van der Waals surface area (Å²) >= 11 is 0. The van der Waals surface area contributed by atoms with Crippen LogP contribution < -0.4 is 16.4 Å². The lowest BCUT2D eigenvalue weighted by atomic mass is 10.0. The third-order valence-corrected chi connectivity index (χ3v) is 3.56. The van der Waals surface area contributed by atoms with Crippen molar-refractivity contribution in [1.82, 2.24) is 0 Å². The van der Waals surface area contributed by atoms with Gasteiger partial charge in [-0.05, 0) is 23.6 Å². The molecule has 0 spiro atoms. The van der Waals surface area contributed by atoms with Gasteiger partial charge in [-0.3, -0.25) is 9.59 Å². The van der Waals surface area contributed by atoms with Crippen LogP contribution in [-0.4, -0.2) is 18.4 Å². The third kappa shape index (κ3) is 2.39. The summed E-state index contributed by atoms with van der Waals surface area (Å²) in [4.78, 5) is 25.7. The molecular formula is C14H19N3O2. The average Bonchev–Trinajstić information content (AvgIpc) is 2.74. The van der Waals surface area contributed by atoms with E-state index in [1.165, 1.54) is 4.90 Å². The molecule has 2 rings (SSSR count). The fraction of sp³-hybridized carbons (Fsp3) is 0.429. The fourth-order valence-electron chi connectivity index (χ4n) is 2.37. The number of fused-ring (bicyclic) bond motifs is 1. The Balaban J connectivity index is 2.35. The first-order valence-electron chi connectivity index (χ1n) is 6.51. The van der Waals surface area contributed by atoms with Gasteiger partial charge in [-0.15, -0.1) is 0 Å². The Kier molecular flexibility index (Phi) is 3.97. The number of rotatable bonds is 4.